The van der Waals surface area contributed by atoms with E-state index in [2.05, 4.69) is 45.4 Å². The quantitative estimate of drug-likeness (QED) is 0.208. The molecule has 2 aliphatic rings. The maximum Gasteiger partial charge on any atom is 0.251 e. The fourth-order valence-electron chi connectivity index (χ4n) is 3.41. The van der Waals surface area contributed by atoms with Gasteiger partial charge in [-0.3, -0.25) is 14.8 Å². The summed E-state index contributed by atoms with van der Waals surface area (Å²) in [5, 5.41) is 15.4. The lowest BCUT2D eigenvalue weighted by molar-refractivity contribution is -0.117. The van der Waals surface area contributed by atoms with Gasteiger partial charge < -0.3 is 15.4 Å². The Morgan fingerprint density at radius 2 is 2.05 bits per heavy atom. The molecule has 0 saturated carbocycles. The fraction of sp³-hybridized carbons (Fsp3) is 0.133. The summed E-state index contributed by atoms with van der Waals surface area (Å²) >= 11 is 0. The number of amides is 1. The van der Waals surface area contributed by atoms with Gasteiger partial charge in [0.2, 0.25) is 0 Å². The van der Waals surface area contributed by atoms with Crippen molar-refractivity contribution in [1.82, 2.24) is 15.6 Å². The highest BCUT2D eigenvalue weighted by Gasteiger charge is 2.15. The molecule has 3 rings (SSSR count). The van der Waals surface area contributed by atoms with E-state index in [1.807, 2.05) is 37.3 Å². The average Bonchev–Trinajstić information content (AvgIpc) is 2.93. The van der Waals surface area contributed by atoms with Crippen molar-refractivity contribution in [2.75, 3.05) is 0 Å². The van der Waals surface area contributed by atoms with Crippen LogP contribution in [-0.4, -0.2) is 23.7 Å². The summed E-state index contributed by atoms with van der Waals surface area (Å²) in [7, 11) is 0. The Balaban J connectivity index is 1.57. The van der Waals surface area contributed by atoms with Crippen LogP contribution in [0.3, 0.4) is 0 Å². The Hall–Kier alpha value is -5.14. The zero-order valence-corrected chi connectivity index (χ0v) is 20.8. The van der Waals surface area contributed by atoms with Crippen LogP contribution in [0.4, 0.5) is 0 Å². The van der Waals surface area contributed by atoms with Gasteiger partial charge in [-0.25, -0.2) is 0 Å². The minimum Gasteiger partial charge on any atom is -0.458 e. The lowest BCUT2D eigenvalue weighted by Gasteiger charge is -2.18. The lowest BCUT2D eigenvalue weighted by atomic mass is 10.0. The van der Waals surface area contributed by atoms with E-state index in [1.54, 1.807) is 55.8 Å². The molecule has 0 bridgehead atoms. The zero-order valence-electron chi connectivity index (χ0n) is 20.8. The first-order valence-corrected chi connectivity index (χ1v) is 11.6. The largest absolute Gasteiger partial charge is 0.458 e. The maximum atomic E-state index is 12.8. The van der Waals surface area contributed by atoms with Crippen LogP contribution >= 0.6 is 0 Å². The Kier molecular flexibility index (Phi) is 9.36. The first kappa shape index (κ1) is 26.5. The molecule has 1 atom stereocenters. The van der Waals surface area contributed by atoms with Crippen LogP contribution in [-0.2, 0) is 4.79 Å². The number of aliphatic imine (C=N–C) groups is 1. The first-order valence-electron chi connectivity index (χ1n) is 11.6. The molecule has 2 aliphatic carbocycles. The van der Waals surface area contributed by atoms with E-state index in [1.165, 1.54) is 0 Å². The van der Waals surface area contributed by atoms with Crippen LogP contribution in [0.5, 0.6) is 5.75 Å². The number of hydrogen-bond acceptors (Lipinski definition) is 6. The zero-order chi connectivity index (χ0) is 26.6. The molecule has 1 aromatic rings. The highest BCUT2D eigenvalue weighted by atomic mass is 16.5. The predicted octanol–water partition coefficient (Wildman–Crippen LogP) is 5.03. The molecule has 2 N–H and O–H groups in total. The van der Waals surface area contributed by atoms with Crippen LogP contribution in [0.1, 0.15) is 20.3 Å². The van der Waals surface area contributed by atoms with E-state index < -0.39 is 0 Å². The predicted molar refractivity (Wildman–Crippen MR) is 145 cm³/mol. The fourth-order valence-corrected chi connectivity index (χ4v) is 3.41. The standard InChI is InChI=1S/C30H27N5O2/c1-5-23(30(36)35-24-10-12-25(13-11-24)37-26-15-17-33-18-16-26)9-7-21(3)34-28(6-2)27-19-22(20-31)8-14-29(27)32-4/h5-7,9-10,12-13,15-19,24,34H,3-4,11H2,1-2H3,(H,35,36)/b9-7-,23-5+,28-6+. The van der Waals surface area contributed by atoms with E-state index in [9.17, 15) is 10.1 Å². The number of carbonyl (C=O) groups is 1. The molecule has 7 heteroatoms. The molecule has 1 aromatic heterocycles. The van der Waals surface area contributed by atoms with Crippen LogP contribution < -0.4 is 15.4 Å². The lowest BCUT2D eigenvalue weighted by Crippen LogP contribution is -2.34. The van der Waals surface area contributed by atoms with E-state index >= 15 is 0 Å². The van der Waals surface area contributed by atoms with Crippen LogP contribution in [0.15, 0.2) is 136 Å². The molecule has 7 nitrogen and oxygen atoms in total. The summed E-state index contributed by atoms with van der Waals surface area (Å²) in [6, 6.07) is 5.46. The van der Waals surface area contributed by atoms with Gasteiger partial charge in [-0.1, -0.05) is 24.8 Å². The first-order chi connectivity index (χ1) is 18.0. The topological polar surface area (TPSA) is 99.4 Å². The number of hydrogen-bond donors (Lipinski definition) is 2. The molecule has 0 saturated heterocycles. The van der Waals surface area contributed by atoms with Gasteiger partial charge in [0.25, 0.3) is 5.91 Å². The number of allylic oxidation sites excluding steroid dienone is 6. The Bertz CT molecular complexity index is 1420. The maximum absolute atomic E-state index is 12.8. The summed E-state index contributed by atoms with van der Waals surface area (Å²) in [6.45, 7) is 11.2. The molecule has 0 radical (unpaired) electrons. The number of pyridine rings is 1. The van der Waals surface area contributed by atoms with E-state index in [4.69, 9.17) is 4.74 Å². The van der Waals surface area contributed by atoms with E-state index in [0.717, 1.165) is 5.76 Å². The highest BCUT2D eigenvalue weighted by molar-refractivity contribution is 5.96. The van der Waals surface area contributed by atoms with Gasteiger partial charge in [0.1, 0.15) is 28.8 Å². The van der Waals surface area contributed by atoms with Crippen molar-refractivity contribution >= 4 is 12.6 Å². The smallest absolute Gasteiger partial charge is 0.251 e. The Labute approximate surface area is 217 Å². The number of aromatic nitrogens is 1. The third-order valence-corrected chi connectivity index (χ3v) is 5.32. The average molecular weight is 490 g/mol. The molecular formula is C30H27N5O2. The van der Waals surface area contributed by atoms with Gasteiger partial charge in [0.05, 0.1) is 6.04 Å². The summed E-state index contributed by atoms with van der Waals surface area (Å²) in [5.74, 6) is 1.22. The third kappa shape index (κ3) is 7.42. The monoisotopic (exact) mass is 489 g/mol. The van der Waals surface area contributed by atoms with Gasteiger partial charge in [-0.15, -0.1) is 0 Å². The van der Waals surface area contributed by atoms with E-state index in [0.29, 0.717) is 46.0 Å². The third-order valence-electron chi connectivity index (χ3n) is 5.32. The van der Waals surface area contributed by atoms with Crippen LogP contribution in [0.2, 0.25) is 0 Å². The molecule has 37 heavy (non-hydrogen) atoms. The Morgan fingerprint density at radius 3 is 2.68 bits per heavy atom. The van der Waals surface area contributed by atoms with Gasteiger partial charge in [-0.2, -0.15) is 5.26 Å². The molecule has 184 valence electrons. The molecule has 1 unspecified atom stereocenters. The number of nitrogens with zero attached hydrogens (tertiary/aromatic N) is 3. The van der Waals surface area contributed by atoms with Crippen molar-refractivity contribution in [2.24, 2.45) is 4.99 Å². The number of ether oxygens (including phenoxy) is 1. The van der Waals surface area contributed by atoms with Gasteiger partial charge >= 0.3 is 0 Å². The molecule has 1 amide bonds. The second kappa shape index (κ2) is 13.1. The van der Waals surface area contributed by atoms with Gasteiger partial charge in [0, 0.05) is 34.9 Å². The summed E-state index contributed by atoms with van der Waals surface area (Å²) in [6.07, 6.45) is 18.2. The summed E-state index contributed by atoms with van der Waals surface area (Å²) in [4.78, 5) is 20.8. The van der Waals surface area contributed by atoms with Crippen molar-refractivity contribution < 1.29 is 9.53 Å². The van der Waals surface area contributed by atoms with Crippen LogP contribution in [0.25, 0.3) is 0 Å². The normalized spacial score (nSPS) is 17.2. The molecule has 0 spiro atoms. The summed E-state index contributed by atoms with van der Waals surface area (Å²) < 4.78 is 5.79. The van der Waals surface area contributed by atoms with Crippen molar-refractivity contribution in [2.45, 2.75) is 26.3 Å². The molecular weight excluding hydrogens is 462 g/mol. The number of carbonyl (C=O) groups excluding carboxylic acids is 1. The van der Waals surface area contributed by atoms with Crippen molar-refractivity contribution in [3.8, 4) is 11.8 Å². The van der Waals surface area contributed by atoms with Crippen molar-refractivity contribution in [1.29, 1.82) is 5.26 Å². The second-order valence-electron chi connectivity index (χ2n) is 7.84. The van der Waals surface area contributed by atoms with Gasteiger partial charge in [0.15, 0.2) is 0 Å². The molecule has 0 fully saturated rings. The summed E-state index contributed by atoms with van der Waals surface area (Å²) in [5.41, 5.74) is 8.73. The number of nitrogens with one attached hydrogen (secondary N) is 2. The van der Waals surface area contributed by atoms with Crippen molar-refractivity contribution in [3.05, 3.63) is 131 Å². The van der Waals surface area contributed by atoms with Crippen LogP contribution in [0, 0.1) is 11.3 Å². The highest BCUT2D eigenvalue weighted by Crippen LogP contribution is 2.23. The van der Waals surface area contributed by atoms with Crippen molar-refractivity contribution in [3.63, 3.8) is 0 Å². The SMILES string of the molecule is C=NC1=C=C=C(C#N)C=C1/C(=C\C)NC(=C)/C=C\C(=C/C)C(=O)NC1C=CC(Oc2ccncc2)=CC1. The molecule has 1 heterocycles. The second-order valence-corrected chi connectivity index (χ2v) is 7.84. The minimum absolute atomic E-state index is 0.151. The molecule has 0 aromatic carbocycles. The Morgan fingerprint density at radius 1 is 1.27 bits per heavy atom. The van der Waals surface area contributed by atoms with E-state index in [-0.39, 0.29) is 11.9 Å². The van der Waals surface area contributed by atoms with Gasteiger partial charge in [-0.05, 0) is 81.0 Å². The number of nitriles is 1. The number of rotatable bonds is 10. The minimum atomic E-state index is -0.204. The molecule has 0 aliphatic heterocycles.